The van der Waals surface area contributed by atoms with Crippen LogP contribution in [-0.4, -0.2) is 82.3 Å². The number of carbonyl (C=O) groups excluding carboxylic acids is 3. The van der Waals surface area contributed by atoms with Gasteiger partial charge >= 0.3 is 11.9 Å². The van der Waals surface area contributed by atoms with E-state index in [9.17, 15) is 19.5 Å². The van der Waals surface area contributed by atoms with E-state index in [2.05, 4.69) is 26.0 Å². The summed E-state index contributed by atoms with van der Waals surface area (Å²) in [6, 6.07) is 0. The van der Waals surface area contributed by atoms with E-state index in [-0.39, 0.29) is 32.2 Å². The van der Waals surface area contributed by atoms with Crippen molar-refractivity contribution in [2.75, 3.05) is 47.5 Å². The Kier molecular flexibility index (Phi) is 61.5. The molecule has 0 saturated heterocycles. The van der Waals surface area contributed by atoms with Crippen LogP contribution < -0.4 is 5.11 Å². The number of ether oxygens (including phenoxy) is 4. The maximum atomic E-state index is 12.9. The number of hydrogen-bond donors (Lipinski definition) is 0. The Morgan fingerprint density at radius 1 is 0.362 bits per heavy atom. The fraction of sp³-hybridized carbons (Fsp3) is 0.930. The fourth-order valence-corrected chi connectivity index (χ4v) is 10.8. The Hall–Kier alpha value is -1.97. The number of rotatable bonds is 67. The predicted molar refractivity (Wildman–Crippen MR) is 339 cm³/mol. The van der Waals surface area contributed by atoms with Crippen molar-refractivity contribution in [3.05, 3.63) is 12.2 Å². The molecule has 2 unspecified atom stereocenters. The summed E-state index contributed by atoms with van der Waals surface area (Å²) < 4.78 is 22.8. The average molecular weight is 1130 g/mol. The van der Waals surface area contributed by atoms with Gasteiger partial charge in [-0.15, -0.1) is 0 Å². The van der Waals surface area contributed by atoms with E-state index < -0.39 is 24.3 Å². The first-order valence-corrected chi connectivity index (χ1v) is 35.3. The molecule has 0 fully saturated rings. The van der Waals surface area contributed by atoms with Gasteiger partial charge in [0.05, 0.1) is 40.3 Å². The van der Waals surface area contributed by atoms with Crippen LogP contribution in [0.25, 0.3) is 0 Å². The van der Waals surface area contributed by atoms with Crippen molar-refractivity contribution in [3.63, 3.8) is 0 Å². The number of carbonyl (C=O) groups is 3. The Morgan fingerprint density at radius 3 is 0.925 bits per heavy atom. The van der Waals surface area contributed by atoms with E-state index in [1.807, 2.05) is 21.1 Å². The van der Waals surface area contributed by atoms with Gasteiger partial charge in [0.25, 0.3) is 0 Å². The Labute approximate surface area is 497 Å². The Balaban J connectivity index is 4.03. The van der Waals surface area contributed by atoms with Crippen molar-refractivity contribution >= 4 is 17.9 Å². The number of unbranched alkanes of at least 4 members (excludes halogenated alkanes) is 50. The normalized spacial score (nSPS) is 12.7. The maximum absolute atomic E-state index is 12.9. The number of hydrogen-bond acceptors (Lipinski definition) is 8. The molecule has 80 heavy (non-hydrogen) atoms. The molecule has 0 bridgehead atoms. The zero-order valence-electron chi connectivity index (χ0n) is 54.2. The van der Waals surface area contributed by atoms with Crippen molar-refractivity contribution < 1.29 is 42.9 Å². The third kappa shape index (κ3) is 63.6. The van der Waals surface area contributed by atoms with Gasteiger partial charge in [-0.05, 0) is 38.5 Å². The molecule has 0 rings (SSSR count). The van der Waals surface area contributed by atoms with Crippen molar-refractivity contribution in [1.82, 2.24) is 0 Å². The molecule has 0 radical (unpaired) electrons. The Bertz CT molecular complexity index is 1320. The van der Waals surface area contributed by atoms with Crippen molar-refractivity contribution in [3.8, 4) is 0 Å². The molecule has 0 aromatic carbocycles. The molecule has 0 aromatic rings. The number of carboxylic acid groups (broad SMARTS) is 1. The van der Waals surface area contributed by atoms with Gasteiger partial charge in [-0.1, -0.05) is 328 Å². The molecule has 2 atom stereocenters. The SMILES string of the molecule is CCCCCCCCCC/C=C\CCCCCCCCCCCCCC(=O)OC(COC(=O)CCCCCCCCCCCCCCCCCCCCCCCCCCCCCCCCCC)COC(OCC[N+](C)(C)C)C(=O)[O-]. The van der Waals surface area contributed by atoms with E-state index in [1.54, 1.807) is 0 Å². The Morgan fingerprint density at radius 2 is 0.637 bits per heavy atom. The zero-order valence-corrected chi connectivity index (χ0v) is 54.2. The number of quaternary nitrogens is 1. The molecule has 0 aromatic heterocycles. The molecule has 9 heteroatoms. The smallest absolute Gasteiger partial charge is 0.306 e. The van der Waals surface area contributed by atoms with Gasteiger partial charge in [0, 0.05) is 12.8 Å². The van der Waals surface area contributed by atoms with E-state index in [4.69, 9.17) is 18.9 Å². The minimum absolute atomic E-state index is 0.152. The van der Waals surface area contributed by atoms with E-state index in [0.29, 0.717) is 17.4 Å². The number of likely N-dealkylation sites (N-methyl/N-ethyl adjacent to an activating group) is 1. The molecule has 0 heterocycles. The molecular formula is C71H137NO8. The minimum Gasteiger partial charge on any atom is -0.545 e. The van der Waals surface area contributed by atoms with Crippen molar-refractivity contribution in [2.45, 2.75) is 379 Å². The second kappa shape index (κ2) is 63.1. The van der Waals surface area contributed by atoms with E-state index in [0.717, 1.165) is 38.5 Å². The molecule has 0 amide bonds. The number of esters is 2. The van der Waals surface area contributed by atoms with Crippen LogP contribution >= 0.6 is 0 Å². The lowest BCUT2D eigenvalue weighted by molar-refractivity contribution is -0.870. The van der Waals surface area contributed by atoms with Gasteiger partial charge in [-0.3, -0.25) is 9.59 Å². The van der Waals surface area contributed by atoms with Crippen molar-refractivity contribution in [2.24, 2.45) is 0 Å². The highest BCUT2D eigenvalue weighted by Gasteiger charge is 2.22. The fourth-order valence-electron chi connectivity index (χ4n) is 10.8. The highest BCUT2D eigenvalue weighted by molar-refractivity contribution is 5.70. The first-order valence-electron chi connectivity index (χ1n) is 35.3. The zero-order chi connectivity index (χ0) is 58.3. The summed E-state index contributed by atoms with van der Waals surface area (Å²) in [7, 11) is 5.94. The van der Waals surface area contributed by atoms with Crippen LogP contribution in [-0.2, 0) is 33.3 Å². The molecule has 0 saturated carbocycles. The second-order valence-corrected chi connectivity index (χ2v) is 25.5. The van der Waals surface area contributed by atoms with Crippen LogP contribution in [0.3, 0.4) is 0 Å². The lowest BCUT2D eigenvalue weighted by Crippen LogP contribution is -2.44. The van der Waals surface area contributed by atoms with Crippen LogP contribution in [0.2, 0.25) is 0 Å². The van der Waals surface area contributed by atoms with Gasteiger partial charge < -0.3 is 33.3 Å². The summed E-state index contributed by atoms with van der Waals surface area (Å²) in [6.45, 7) is 4.83. The van der Waals surface area contributed by atoms with Crippen LogP contribution in [0, 0.1) is 0 Å². The van der Waals surface area contributed by atoms with Gasteiger partial charge in [0.1, 0.15) is 13.2 Å². The summed E-state index contributed by atoms with van der Waals surface area (Å²) in [6.07, 6.45) is 73.1. The summed E-state index contributed by atoms with van der Waals surface area (Å²) in [5.74, 6) is -2.25. The number of aliphatic carboxylic acids is 1. The summed E-state index contributed by atoms with van der Waals surface area (Å²) in [4.78, 5) is 37.5. The second-order valence-electron chi connectivity index (χ2n) is 25.5. The molecule has 0 aliphatic carbocycles. The lowest BCUT2D eigenvalue weighted by atomic mass is 10.0. The topological polar surface area (TPSA) is 111 Å². The van der Waals surface area contributed by atoms with Crippen LogP contribution in [0.1, 0.15) is 367 Å². The summed E-state index contributed by atoms with van der Waals surface area (Å²) in [5.41, 5.74) is 0. The summed E-state index contributed by atoms with van der Waals surface area (Å²) in [5, 5.41) is 11.8. The quantitative estimate of drug-likeness (QED) is 0.0195. The van der Waals surface area contributed by atoms with Crippen LogP contribution in [0.15, 0.2) is 12.2 Å². The third-order valence-corrected chi connectivity index (χ3v) is 16.3. The largest absolute Gasteiger partial charge is 0.545 e. The standard InChI is InChI=1S/C71H137NO8/c1-6-8-10-12-14-16-18-20-22-24-26-28-30-31-32-33-34-35-36-37-38-40-41-43-45-47-49-51-53-55-57-59-61-68(73)78-65-67(66-79-71(70(75)76)77-64-63-72(3,4)5)80-69(74)62-60-58-56-54-52-50-48-46-44-42-39-29-27-25-23-21-19-17-15-13-11-9-7-2/h25,27,67,71H,6-24,26,28-66H2,1-5H3/b27-25-. The maximum Gasteiger partial charge on any atom is 0.306 e. The highest BCUT2D eigenvalue weighted by atomic mass is 16.7. The number of allylic oxidation sites excluding steroid dienone is 2. The van der Waals surface area contributed by atoms with Gasteiger partial charge in [0.15, 0.2) is 12.4 Å². The molecular weight excluding hydrogens is 995 g/mol. The number of nitrogens with zero attached hydrogens (tertiary/aromatic N) is 1. The molecule has 474 valence electrons. The number of carboxylic acids is 1. The molecule has 9 nitrogen and oxygen atoms in total. The molecule has 0 spiro atoms. The van der Waals surface area contributed by atoms with E-state index in [1.165, 1.54) is 302 Å². The molecule has 0 aliphatic heterocycles. The van der Waals surface area contributed by atoms with E-state index >= 15 is 0 Å². The van der Waals surface area contributed by atoms with Gasteiger partial charge in [0.2, 0.25) is 0 Å². The first kappa shape index (κ1) is 78.0. The van der Waals surface area contributed by atoms with Gasteiger partial charge in [-0.25, -0.2) is 0 Å². The minimum atomic E-state index is -1.62. The predicted octanol–water partition coefficient (Wildman–Crippen LogP) is 20.3. The van der Waals surface area contributed by atoms with Gasteiger partial charge in [-0.2, -0.15) is 0 Å². The first-order chi connectivity index (χ1) is 39.1. The molecule has 0 N–H and O–H groups in total. The monoisotopic (exact) mass is 1130 g/mol. The summed E-state index contributed by atoms with van der Waals surface area (Å²) >= 11 is 0. The lowest BCUT2D eigenvalue weighted by Gasteiger charge is -2.26. The average Bonchev–Trinajstić information content (AvgIpc) is 3.43. The third-order valence-electron chi connectivity index (χ3n) is 16.3. The van der Waals surface area contributed by atoms with Crippen LogP contribution in [0.4, 0.5) is 0 Å². The molecule has 0 aliphatic rings. The van der Waals surface area contributed by atoms with Crippen LogP contribution in [0.5, 0.6) is 0 Å². The van der Waals surface area contributed by atoms with Crippen molar-refractivity contribution in [1.29, 1.82) is 0 Å². The highest BCUT2D eigenvalue weighted by Crippen LogP contribution is 2.19.